The van der Waals surface area contributed by atoms with Crippen LogP contribution >= 0.6 is 0 Å². The van der Waals surface area contributed by atoms with E-state index in [9.17, 15) is 9.59 Å². The van der Waals surface area contributed by atoms with Crippen LogP contribution in [0.3, 0.4) is 0 Å². The number of fused-ring (bicyclic) bond motifs is 3. The second-order valence-electron chi connectivity index (χ2n) is 7.23. The SMILES string of the molecule is O=C(Cc1ccccc1)N1c2ccccc2-n2cnnc2N1C(=O)Cc1ccccc1. The van der Waals surface area contributed by atoms with Gasteiger partial charge in [-0.05, 0) is 23.3 Å². The normalized spacial score (nSPS) is 12.3. The highest BCUT2D eigenvalue weighted by Gasteiger charge is 2.38. The van der Waals surface area contributed by atoms with Crippen LogP contribution in [0, 0.1) is 0 Å². The number of nitrogens with zero attached hydrogens (tertiary/aromatic N) is 5. The average Bonchev–Trinajstić information content (AvgIpc) is 3.29. The van der Waals surface area contributed by atoms with Gasteiger partial charge in [0.25, 0.3) is 17.8 Å². The van der Waals surface area contributed by atoms with Crippen LogP contribution in [0.15, 0.2) is 91.3 Å². The monoisotopic (exact) mass is 409 g/mol. The molecule has 2 amide bonds. The van der Waals surface area contributed by atoms with Crippen molar-refractivity contribution in [3.8, 4) is 5.69 Å². The molecule has 7 nitrogen and oxygen atoms in total. The van der Waals surface area contributed by atoms with E-state index in [0.29, 0.717) is 11.6 Å². The fraction of sp³-hybridized carbons (Fsp3) is 0.0833. The average molecular weight is 409 g/mol. The number of anilines is 2. The Morgan fingerprint density at radius 1 is 0.645 bits per heavy atom. The van der Waals surface area contributed by atoms with Gasteiger partial charge >= 0.3 is 0 Å². The standard InChI is InChI=1S/C24H19N5O2/c30-22(15-18-9-3-1-4-10-18)28-21-14-8-7-13-20(21)27-17-25-26-24(27)29(28)23(31)16-19-11-5-2-6-12-19/h1-14,17H,15-16H2. The van der Waals surface area contributed by atoms with E-state index >= 15 is 0 Å². The summed E-state index contributed by atoms with van der Waals surface area (Å²) in [6, 6.07) is 26.3. The molecule has 0 saturated carbocycles. The Balaban J connectivity index is 1.58. The third-order valence-electron chi connectivity index (χ3n) is 5.16. The minimum Gasteiger partial charge on any atom is -0.272 e. The summed E-state index contributed by atoms with van der Waals surface area (Å²) in [5.41, 5.74) is 3.07. The molecule has 3 aromatic carbocycles. The number of amides is 2. The van der Waals surface area contributed by atoms with Crippen LogP contribution in [0.4, 0.5) is 11.6 Å². The van der Waals surface area contributed by atoms with Gasteiger partial charge in [-0.2, -0.15) is 5.01 Å². The maximum atomic E-state index is 13.5. The first-order chi connectivity index (χ1) is 15.2. The zero-order chi connectivity index (χ0) is 21.2. The molecule has 0 aliphatic carbocycles. The largest absolute Gasteiger partial charge is 0.272 e. The lowest BCUT2D eigenvalue weighted by Crippen LogP contribution is -2.54. The molecule has 0 atom stereocenters. The molecule has 1 aliphatic heterocycles. The molecule has 4 aromatic rings. The molecule has 31 heavy (non-hydrogen) atoms. The molecule has 1 aliphatic rings. The van der Waals surface area contributed by atoms with Gasteiger partial charge in [0, 0.05) is 0 Å². The Labute approximate surface area is 179 Å². The summed E-state index contributed by atoms with van der Waals surface area (Å²) in [6.07, 6.45) is 1.83. The molecular formula is C24H19N5O2. The molecule has 5 rings (SSSR count). The van der Waals surface area contributed by atoms with Crippen LogP contribution in [-0.4, -0.2) is 26.6 Å². The second kappa shape index (κ2) is 7.87. The van der Waals surface area contributed by atoms with Gasteiger partial charge in [0.1, 0.15) is 6.33 Å². The third-order valence-corrected chi connectivity index (χ3v) is 5.16. The van der Waals surface area contributed by atoms with Crippen molar-refractivity contribution in [1.29, 1.82) is 0 Å². The van der Waals surface area contributed by atoms with Crippen molar-refractivity contribution in [3.05, 3.63) is 102 Å². The highest BCUT2D eigenvalue weighted by Crippen LogP contribution is 2.35. The van der Waals surface area contributed by atoms with E-state index in [2.05, 4.69) is 10.2 Å². The topological polar surface area (TPSA) is 71.3 Å². The molecule has 2 heterocycles. The minimum absolute atomic E-state index is 0.130. The lowest BCUT2D eigenvalue weighted by Gasteiger charge is -2.38. The predicted octanol–water partition coefficient (Wildman–Crippen LogP) is 3.35. The summed E-state index contributed by atoms with van der Waals surface area (Å²) >= 11 is 0. The fourth-order valence-corrected chi connectivity index (χ4v) is 3.75. The zero-order valence-electron chi connectivity index (χ0n) is 16.6. The first-order valence-electron chi connectivity index (χ1n) is 9.95. The van der Waals surface area contributed by atoms with Crippen LogP contribution in [0.1, 0.15) is 11.1 Å². The summed E-state index contributed by atoms with van der Waals surface area (Å²) in [5, 5.41) is 10.9. The summed E-state index contributed by atoms with van der Waals surface area (Å²) in [4.78, 5) is 27.0. The van der Waals surface area contributed by atoms with Crippen LogP contribution in [-0.2, 0) is 22.4 Å². The van der Waals surface area contributed by atoms with Crippen molar-refractivity contribution < 1.29 is 9.59 Å². The number of benzene rings is 3. The lowest BCUT2D eigenvalue weighted by atomic mass is 10.1. The van der Waals surface area contributed by atoms with Gasteiger partial charge in [-0.15, -0.1) is 10.2 Å². The Morgan fingerprint density at radius 2 is 1.16 bits per heavy atom. The van der Waals surface area contributed by atoms with E-state index in [1.807, 2.05) is 84.9 Å². The van der Waals surface area contributed by atoms with Gasteiger partial charge in [-0.25, -0.2) is 5.01 Å². The van der Waals surface area contributed by atoms with E-state index in [1.54, 1.807) is 10.9 Å². The molecule has 0 spiro atoms. The van der Waals surface area contributed by atoms with Crippen LogP contribution in [0.25, 0.3) is 5.69 Å². The Morgan fingerprint density at radius 3 is 1.77 bits per heavy atom. The Bertz CT molecular complexity index is 1240. The number of carbonyl (C=O) groups is 2. The van der Waals surface area contributed by atoms with E-state index in [-0.39, 0.29) is 24.7 Å². The summed E-state index contributed by atoms with van der Waals surface area (Å²) in [5.74, 6) is -0.202. The highest BCUT2D eigenvalue weighted by atomic mass is 16.2. The molecule has 0 saturated heterocycles. The van der Waals surface area contributed by atoms with Crippen molar-refractivity contribution in [2.75, 3.05) is 10.0 Å². The first-order valence-corrected chi connectivity index (χ1v) is 9.95. The van der Waals surface area contributed by atoms with Crippen molar-refractivity contribution >= 4 is 23.5 Å². The zero-order valence-corrected chi connectivity index (χ0v) is 16.6. The van der Waals surface area contributed by atoms with Gasteiger partial charge in [0.2, 0.25) is 0 Å². The molecule has 7 heteroatoms. The lowest BCUT2D eigenvalue weighted by molar-refractivity contribution is -0.123. The fourth-order valence-electron chi connectivity index (χ4n) is 3.75. The first kappa shape index (κ1) is 18.7. The van der Waals surface area contributed by atoms with Crippen molar-refractivity contribution in [1.82, 2.24) is 14.8 Å². The van der Waals surface area contributed by atoms with Gasteiger partial charge in [0.15, 0.2) is 0 Å². The molecular weight excluding hydrogens is 390 g/mol. The van der Waals surface area contributed by atoms with Crippen molar-refractivity contribution in [3.63, 3.8) is 0 Å². The number of carbonyl (C=O) groups excluding carboxylic acids is 2. The summed E-state index contributed by atoms with van der Waals surface area (Å²) in [6.45, 7) is 0. The molecule has 152 valence electrons. The predicted molar refractivity (Wildman–Crippen MR) is 117 cm³/mol. The molecule has 0 radical (unpaired) electrons. The molecule has 1 aromatic heterocycles. The van der Waals surface area contributed by atoms with Gasteiger partial charge in [0.05, 0.1) is 24.2 Å². The molecule has 0 fully saturated rings. The quantitative estimate of drug-likeness (QED) is 0.518. The van der Waals surface area contributed by atoms with E-state index in [4.69, 9.17) is 0 Å². The number of aromatic nitrogens is 3. The smallest absolute Gasteiger partial charge is 0.258 e. The van der Waals surface area contributed by atoms with E-state index in [1.165, 1.54) is 10.0 Å². The third kappa shape index (κ3) is 3.46. The number of hydrogen-bond donors (Lipinski definition) is 0. The van der Waals surface area contributed by atoms with E-state index in [0.717, 1.165) is 16.8 Å². The molecule has 0 bridgehead atoms. The van der Waals surface area contributed by atoms with Crippen molar-refractivity contribution in [2.24, 2.45) is 0 Å². The number of rotatable bonds is 4. The Kier molecular flexibility index (Phi) is 4.76. The highest BCUT2D eigenvalue weighted by molar-refractivity contribution is 6.09. The van der Waals surface area contributed by atoms with Gasteiger partial charge < -0.3 is 0 Å². The number of hydrazine groups is 1. The van der Waals surface area contributed by atoms with Crippen LogP contribution in [0.2, 0.25) is 0 Å². The summed E-state index contributed by atoms with van der Waals surface area (Å²) < 4.78 is 1.73. The maximum absolute atomic E-state index is 13.5. The Hall–Kier alpha value is -4.26. The molecule has 0 unspecified atom stereocenters. The number of para-hydroxylation sites is 2. The summed E-state index contributed by atoms with van der Waals surface area (Å²) in [7, 11) is 0. The number of hydrogen-bond acceptors (Lipinski definition) is 4. The maximum Gasteiger partial charge on any atom is 0.258 e. The van der Waals surface area contributed by atoms with Gasteiger partial charge in [-0.3, -0.25) is 14.2 Å². The van der Waals surface area contributed by atoms with Crippen molar-refractivity contribution in [2.45, 2.75) is 12.8 Å². The van der Waals surface area contributed by atoms with Crippen LogP contribution < -0.4 is 10.0 Å². The molecule has 0 N–H and O–H groups in total. The van der Waals surface area contributed by atoms with Crippen LogP contribution in [0.5, 0.6) is 0 Å². The van der Waals surface area contributed by atoms with E-state index < -0.39 is 0 Å². The minimum atomic E-state index is -0.267. The second-order valence-corrected chi connectivity index (χ2v) is 7.23. The van der Waals surface area contributed by atoms with Gasteiger partial charge in [-0.1, -0.05) is 72.8 Å².